The molecule has 0 heterocycles. The first-order valence-electron chi connectivity index (χ1n) is 11.0. The molecule has 0 amide bonds. The van der Waals surface area contributed by atoms with Gasteiger partial charge in [0.1, 0.15) is 0 Å². The van der Waals surface area contributed by atoms with E-state index in [1.807, 2.05) is 6.21 Å². The monoisotopic (exact) mass is 380 g/mol. The minimum absolute atomic E-state index is 0.576. The molecule has 0 aromatic rings. The van der Waals surface area contributed by atoms with Crippen LogP contribution in [0, 0.1) is 5.92 Å². The van der Waals surface area contributed by atoms with Crippen molar-refractivity contribution in [1.29, 1.82) is 0 Å². The Morgan fingerprint density at radius 1 is 1.14 bits per heavy atom. The van der Waals surface area contributed by atoms with Crippen LogP contribution in [0.15, 0.2) is 76.5 Å². The predicted molar refractivity (Wildman–Crippen MR) is 127 cm³/mol. The molecule has 0 spiro atoms. The maximum atomic E-state index is 5.61. The van der Waals surface area contributed by atoms with Gasteiger partial charge in [0.2, 0.25) is 0 Å². The second-order valence-corrected chi connectivity index (χ2v) is 7.31. The average Bonchev–Trinajstić information content (AvgIpc) is 2.98. The van der Waals surface area contributed by atoms with E-state index in [2.05, 4.69) is 75.5 Å². The second-order valence-electron chi connectivity index (χ2n) is 7.31. The second kappa shape index (κ2) is 16.1. The van der Waals surface area contributed by atoms with Gasteiger partial charge >= 0.3 is 0 Å². The zero-order valence-electron chi connectivity index (χ0n) is 18.2. The third kappa shape index (κ3) is 10.4. The molecule has 0 aliphatic heterocycles. The van der Waals surface area contributed by atoms with Gasteiger partial charge in [-0.15, -0.1) is 0 Å². The van der Waals surface area contributed by atoms with Gasteiger partial charge in [-0.05, 0) is 69.6 Å². The summed E-state index contributed by atoms with van der Waals surface area (Å²) in [6, 6.07) is 0. The average molecular weight is 381 g/mol. The molecule has 1 unspecified atom stereocenters. The van der Waals surface area contributed by atoms with Gasteiger partial charge in [-0.25, -0.2) is 0 Å². The van der Waals surface area contributed by atoms with E-state index < -0.39 is 0 Å². The van der Waals surface area contributed by atoms with Crippen molar-refractivity contribution in [3.8, 4) is 0 Å². The van der Waals surface area contributed by atoms with Gasteiger partial charge in [0.25, 0.3) is 0 Å². The maximum Gasteiger partial charge on any atom is 0.0618 e. The number of hydrogen-bond acceptors (Lipinski definition) is 2. The summed E-state index contributed by atoms with van der Waals surface area (Å²) in [4.78, 5) is 4.88. The fraction of sp³-hybridized carbons (Fsp3) is 0.500. The van der Waals surface area contributed by atoms with Crippen molar-refractivity contribution >= 4 is 6.21 Å². The van der Waals surface area contributed by atoms with E-state index in [0.717, 1.165) is 37.9 Å². The number of hydrogen-bond donors (Lipinski definition) is 1. The number of allylic oxidation sites excluding steroid dienone is 11. The number of nitrogens with two attached hydrogens (primary N) is 1. The van der Waals surface area contributed by atoms with Crippen LogP contribution in [0.3, 0.4) is 0 Å². The van der Waals surface area contributed by atoms with E-state index >= 15 is 0 Å². The van der Waals surface area contributed by atoms with Crippen LogP contribution in [0.4, 0.5) is 0 Å². The van der Waals surface area contributed by atoms with E-state index in [4.69, 9.17) is 10.7 Å². The normalized spacial score (nSPS) is 16.8. The molecule has 0 aromatic carbocycles. The number of nitrogens with zero attached hydrogens (tertiary/aromatic N) is 1. The highest BCUT2D eigenvalue weighted by molar-refractivity contribution is 5.81. The molecule has 1 aliphatic rings. The van der Waals surface area contributed by atoms with E-state index in [9.17, 15) is 0 Å². The molecule has 28 heavy (non-hydrogen) atoms. The molecule has 1 aliphatic carbocycles. The van der Waals surface area contributed by atoms with Gasteiger partial charge in [-0.1, -0.05) is 80.9 Å². The summed E-state index contributed by atoms with van der Waals surface area (Å²) < 4.78 is 0. The lowest BCUT2D eigenvalue weighted by molar-refractivity contribution is 0.523. The Balaban J connectivity index is 2.77. The highest BCUT2D eigenvalue weighted by Gasteiger charge is 2.11. The summed E-state index contributed by atoms with van der Waals surface area (Å²) in [7, 11) is 0. The van der Waals surface area contributed by atoms with E-state index in [1.165, 1.54) is 36.8 Å². The molecule has 0 radical (unpaired) electrons. The minimum Gasteiger partial charge on any atom is -0.330 e. The highest BCUT2D eigenvalue weighted by atomic mass is 14.7. The van der Waals surface area contributed by atoms with Gasteiger partial charge in [-0.2, -0.15) is 0 Å². The Morgan fingerprint density at radius 3 is 2.68 bits per heavy atom. The van der Waals surface area contributed by atoms with E-state index in [-0.39, 0.29) is 0 Å². The van der Waals surface area contributed by atoms with Crippen molar-refractivity contribution in [3.05, 3.63) is 71.5 Å². The molecule has 1 rings (SSSR count). The summed E-state index contributed by atoms with van der Waals surface area (Å²) in [6.45, 7) is 7.25. The van der Waals surface area contributed by atoms with Gasteiger partial charge in [0.15, 0.2) is 0 Å². The van der Waals surface area contributed by atoms with Crippen molar-refractivity contribution in [3.63, 3.8) is 0 Å². The molecule has 2 heteroatoms. The number of rotatable bonds is 13. The van der Waals surface area contributed by atoms with Crippen molar-refractivity contribution in [2.75, 3.05) is 6.54 Å². The topological polar surface area (TPSA) is 38.4 Å². The SMILES string of the molecule is CC=CC(CCCCCCN)CC(=C/C)/C(=C\CC)N=CC1=CC=CC=CC1. The predicted octanol–water partition coefficient (Wildman–Crippen LogP) is 7.23. The largest absolute Gasteiger partial charge is 0.330 e. The lowest BCUT2D eigenvalue weighted by Gasteiger charge is -2.16. The van der Waals surface area contributed by atoms with Crippen LogP contribution in [-0.4, -0.2) is 12.8 Å². The Hall–Kier alpha value is -1.93. The summed E-state index contributed by atoms with van der Waals surface area (Å²) in [6.07, 6.45) is 30.8. The Labute approximate surface area is 173 Å². The molecule has 0 saturated carbocycles. The van der Waals surface area contributed by atoms with Crippen LogP contribution in [-0.2, 0) is 0 Å². The summed E-state index contributed by atoms with van der Waals surface area (Å²) in [5.74, 6) is 0.576. The molecule has 2 nitrogen and oxygen atoms in total. The highest BCUT2D eigenvalue weighted by Crippen LogP contribution is 2.26. The van der Waals surface area contributed by atoms with Crippen LogP contribution in [0.1, 0.15) is 72.1 Å². The lowest BCUT2D eigenvalue weighted by atomic mass is 9.91. The quantitative estimate of drug-likeness (QED) is 0.156. The smallest absolute Gasteiger partial charge is 0.0618 e. The Kier molecular flexibility index (Phi) is 13.8. The van der Waals surface area contributed by atoms with E-state index in [1.54, 1.807) is 0 Å². The molecule has 0 aromatic heterocycles. The van der Waals surface area contributed by atoms with Crippen LogP contribution in [0.2, 0.25) is 0 Å². The third-order valence-electron chi connectivity index (χ3n) is 4.94. The third-order valence-corrected chi connectivity index (χ3v) is 4.94. The zero-order valence-corrected chi connectivity index (χ0v) is 18.2. The van der Waals surface area contributed by atoms with Crippen LogP contribution >= 0.6 is 0 Å². The molecular weight excluding hydrogens is 340 g/mol. The van der Waals surface area contributed by atoms with Gasteiger partial charge in [0.05, 0.1) is 5.70 Å². The Bertz CT molecular complexity index is 627. The first kappa shape index (κ1) is 24.1. The van der Waals surface area contributed by atoms with Crippen molar-refractivity contribution in [1.82, 2.24) is 0 Å². The summed E-state index contributed by atoms with van der Waals surface area (Å²) in [5.41, 5.74) is 9.32. The number of aliphatic imine (C=N–C) groups is 1. The fourth-order valence-corrected chi connectivity index (χ4v) is 3.40. The first-order chi connectivity index (χ1) is 13.7. The van der Waals surface area contributed by atoms with Crippen LogP contribution in [0.5, 0.6) is 0 Å². The van der Waals surface area contributed by atoms with Gasteiger partial charge < -0.3 is 5.73 Å². The summed E-state index contributed by atoms with van der Waals surface area (Å²) >= 11 is 0. The first-order valence-corrected chi connectivity index (χ1v) is 11.0. The van der Waals surface area contributed by atoms with Gasteiger partial charge in [-0.3, -0.25) is 4.99 Å². The van der Waals surface area contributed by atoms with Crippen molar-refractivity contribution < 1.29 is 0 Å². The van der Waals surface area contributed by atoms with Crippen molar-refractivity contribution in [2.45, 2.75) is 72.1 Å². The number of unbranched alkanes of at least 4 members (excludes halogenated alkanes) is 3. The molecular formula is C26H40N2. The standard InChI is InChI=1S/C26H40N2/c1-4-15-23(17-11-9-10-14-20-27)21-25(6-3)26(16-5-2)28-22-24-18-12-7-8-13-19-24/h4,6-8,12-13,15-16,18,22-23H,5,9-11,14,17,19-21,27H2,1-3H3/b15-4?,25-6-,26-16+,28-22?. The molecule has 0 saturated heterocycles. The fourth-order valence-electron chi connectivity index (χ4n) is 3.40. The van der Waals surface area contributed by atoms with E-state index in [0.29, 0.717) is 5.92 Å². The van der Waals surface area contributed by atoms with Crippen molar-refractivity contribution in [2.24, 2.45) is 16.6 Å². The summed E-state index contributed by atoms with van der Waals surface area (Å²) in [5, 5.41) is 0. The minimum atomic E-state index is 0.576. The maximum absolute atomic E-state index is 5.61. The molecule has 1 atom stereocenters. The molecule has 2 N–H and O–H groups in total. The Morgan fingerprint density at radius 2 is 1.96 bits per heavy atom. The lowest BCUT2D eigenvalue weighted by Crippen LogP contribution is -2.02. The van der Waals surface area contributed by atoms with Crippen LogP contribution in [0.25, 0.3) is 0 Å². The molecule has 0 fully saturated rings. The van der Waals surface area contributed by atoms with Crippen LogP contribution < -0.4 is 5.73 Å². The molecule has 154 valence electrons. The molecule has 0 bridgehead atoms. The zero-order chi connectivity index (χ0) is 20.5. The van der Waals surface area contributed by atoms with Gasteiger partial charge in [0, 0.05) is 6.21 Å².